The highest BCUT2D eigenvalue weighted by Gasteiger charge is 2.59. The monoisotopic (exact) mass is 400 g/mol. The zero-order chi connectivity index (χ0) is 20.8. The van der Waals surface area contributed by atoms with E-state index in [9.17, 15) is 10.2 Å². The maximum Gasteiger partial charge on any atom is 0.0577 e. The fourth-order valence-corrected chi connectivity index (χ4v) is 8.46. The van der Waals surface area contributed by atoms with E-state index in [1.807, 2.05) is 0 Å². The van der Waals surface area contributed by atoms with Crippen LogP contribution in [0.3, 0.4) is 0 Å². The van der Waals surface area contributed by atoms with E-state index in [1.54, 1.807) is 5.57 Å². The summed E-state index contributed by atoms with van der Waals surface area (Å²) in [7, 11) is 0. The molecule has 4 rings (SSSR count). The van der Waals surface area contributed by atoms with Gasteiger partial charge < -0.3 is 10.2 Å². The molecule has 0 aromatic carbocycles. The van der Waals surface area contributed by atoms with Crippen LogP contribution in [0.5, 0.6) is 0 Å². The van der Waals surface area contributed by atoms with Crippen LogP contribution in [0.25, 0.3) is 0 Å². The van der Waals surface area contributed by atoms with Gasteiger partial charge in [-0.25, -0.2) is 0 Å². The number of rotatable bonds is 5. The van der Waals surface area contributed by atoms with Crippen molar-refractivity contribution in [1.82, 2.24) is 0 Å². The smallest absolute Gasteiger partial charge is 0.0577 e. The van der Waals surface area contributed by atoms with Crippen LogP contribution in [0.2, 0.25) is 0 Å². The number of fused-ring (bicyclic) bond motifs is 5. The van der Waals surface area contributed by atoms with Crippen molar-refractivity contribution in [3.8, 4) is 0 Å². The van der Waals surface area contributed by atoms with Crippen LogP contribution in [-0.4, -0.2) is 22.9 Å². The lowest BCUT2D eigenvalue weighted by molar-refractivity contribution is -0.0620. The Morgan fingerprint density at radius 3 is 2.66 bits per heavy atom. The topological polar surface area (TPSA) is 40.5 Å². The van der Waals surface area contributed by atoms with Gasteiger partial charge in [0.2, 0.25) is 0 Å². The summed E-state index contributed by atoms with van der Waals surface area (Å²) in [5.74, 6) is 3.61. The Morgan fingerprint density at radius 2 is 1.93 bits per heavy atom. The molecule has 0 spiro atoms. The van der Waals surface area contributed by atoms with E-state index in [-0.39, 0.29) is 6.10 Å². The lowest BCUT2D eigenvalue weighted by Crippen LogP contribution is -2.51. The van der Waals surface area contributed by atoms with Crippen LogP contribution in [0.1, 0.15) is 91.9 Å². The second-order valence-corrected chi connectivity index (χ2v) is 11.7. The van der Waals surface area contributed by atoms with Crippen LogP contribution in [0.15, 0.2) is 23.3 Å². The first-order valence-corrected chi connectivity index (χ1v) is 12.4. The first-order chi connectivity index (χ1) is 13.8. The Hall–Kier alpha value is -0.600. The van der Waals surface area contributed by atoms with Crippen LogP contribution in [0.4, 0.5) is 0 Å². The molecule has 4 aliphatic rings. The highest BCUT2D eigenvalue weighted by atomic mass is 16.3. The van der Waals surface area contributed by atoms with Gasteiger partial charge in [0, 0.05) is 6.61 Å². The highest BCUT2D eigenvalue weighted by Crippen LogP contribution is 2.67. The predicted octanol–water partition coefficient (Wildman–Crippen LogP) is 6.28. The summed E-state index contributed by atoms with van der Waals surface area (Å²) in [4.78, 5) is 0. The van der Waals surface area contributed by atoms with E-state index in [0.29, 0.717) is 29.3 Å². The maximum atomic E-state index is 10.3. The summed E-state index contributed by atoms with van der Waals surface area (Å²) < 4.78 is 0. The first kappa shape index (κ1) is 21.6. The molecule has 0 amide bonds. The van der Waals surface area contributed by atoms with Gasteiger partial charge in [-0.2, -0.15) is 0 Å². The van der Waals surface area contributed by atoms with E-state index >= 15 is 0 Å². The Labute approximate surface area is 178 Å². The summed E-state index contributed by atoms with van der Waals surface area (Å²) in [5, 5.41) is 20.5. The molecule has 4 aliphatic carbocycles. The number of hydrogen-bond acceptors (Lipinski definition) is 2. The molecule has 29 heavy (non-hydrogen) atoms. The molecule has 2 nitrogen and oxygen atoms in total. The van der Waals surface area contributed by atoms with Gasteiger partial charge in [0.05, 0.1) is 6.10 Å². The standard InChI is InChI=1S/C27H44O2/c1-18(2)6-5-7-19(17-28)23-10-11-24-22-9-8-20-16-21(29)12-14-26(20,3)25(22)13-15-27(23,24)4/h6,8,19,21-25,28-29H,5,7,9-17H2,1-4H3/t19-,21+,22-,23+,24-,25-,26-,27+/m0/s1. The van der Waals surface area contributed by atoms with Crippen molar-refractivity contribution in [2.75, 3.05) is 6.61 Å². The van der Waals surface area contributed by atoms with E-state index in [0.717, 1.165) is 43.4 Å². The lowest BCUT2D eigenvalue weighted by Gasteiger charge is -2.58. The van der Waals surface area contributed by atoms with Gasteiger partial charge in [0.25, 0.3) is 0 Å². The third kappa shape index (κ3) is 3.67. The fourth-order valence-electron chi connectivity index (χ4n) is 8.46. The quantitative estimate of drug-likeness (QED) is 0.533. The molecule has 0 aliphatic heterocycles. The molecule has 0 aromatic rings. The average Bonchev–Trinajstić information content (AvgIpc) is 3.03. The Kier molecular flexibility index (Phi) is 6.08. The molecular weight excluding hydrogens is 356 g/mol. The largest absolute Gasteiger partial charge is 0.396 e. The van der Waals surface area contributed by atoms with Crippen molar-refractivity contribution in [3.63, 3.8) is 0 Å². The molecule has 2 N–H and O–H groups in total. The summed E-state index contributed by atoms with van der Waals surface area (Å²) >= 11 is 0. The number of allylic oxidation sites excluding steroid dienone is 3. The van der Waals surface area contributed by atoms with Gasteiger partial charge in [-0.05, 0) is 118 Å². The van der Waals surface area contributed by atoms with Crippen LogP contribution < -0.4 is 0 Å². The van der Waals surface area contributed by atoms with E-state index in [4.69, 9.17) is 0 Å². The van der Waals surface area contributed by atoms with Crippen molar-refractivity contribution >= 4 is 0 Å². The van der Waals surface area contributed by atoms with Gasteiger partial charge >= 0.3 is 0 Å². The van der Waals surface area contributed by atoms with Crippen molar-refractivity contribution in [2.24, 2.45) is 40.4 Å². The number of hydrogen-bond donors (Lipinski definition) is 2. The molecule has 164 valence electrons. The third-order valence-corrected chi connectivity index (χ3v) is 10.0. The number of aliphatic hydroxyl groups is 2. The molecule has 3 fully saturated rings. The Morgan fingerprint density at radius 1 is 1.14 bits per heavy atom. The van der Waals surface area contributed by atoms with E-state index < -0.39 is 0 Å². The fraction of sp³-hybridized carbons (Fsp3) is 0.852. The first-order valence-electron chi connectivity index (χ1n) is 12.4. The Bertz CT molecular complexity index is 659. The van der Waals surface area contributed by atoms with Crippen LogP contribution in [-0.2, 0) is 0 Å². The minimum atomic E-state index is -0.110. The Balaban J connectivity index is 1.53. The normalized spacial score (nSPS) is 44.9. The average molecular weight is 401 g/mol. The lowest BCUT2D eigenvalue weighted by atomic mass is 9.47. The second-order valence-electron chi connectivity index (χ2n) is 11.7. The van der Waals surface area contributed by atoms with Crippen molar-refractivity contribution < 1.29 is 10.2 Å². The highest BCUT2D eigenvalue weighted by molar-refractivity contribution is 5.25. The summed E-state index contributed by atoms with van der Waals surface area (Å²) in [6, 6.07) is 0. The van der Waals surface area contributed by atoms with Crippen LogP contribution in [0, 0.1) is 40.4 Å². The maximum absolute atomic E-state index is 10.3. The van der Waals surface area contributed by atoms with E-state index in [1.165, 1.54) is 44.1 Å². The van der Waals surface area contributed by atoms with E-state index in [2.05, 4.69) is 39.8 Å². The SMILES string of the molecule is CC(C)=CCC[C@@H](CO)[C@H]1CC[C@H]2[C@@H]3CC=C4C[C@H](O)CC[C@]4(C)[C@H]3CC[C@]12C. The zero-order valence-electron chi connectivity index (χ0n) is 19.3. The van der Waals surface area contributed by atoms with Crippen molar-refractivity contribution in [2.45, 2.75) is 98.0 Å². The summed E-state index contributed by atoms with van der Waals surface area (Å²) in [5.41, 5.74) is 3.72. The molecule has 2 heteroatoms. The minimum Gasteiger partial charge on any atom is -0.396 e. The molecular formula is C27H44O2. The molecule has 3 saturated carbocycles. The predicted molar refractivity (Wildman–Crippen MR) is 120 cm³/mol. The minimum absolute atomic E-state index is 0.110. The van der Waals surface area contributed by atoms with Crippen molar-refractivity contribution in [3.05, 3.63) is 23.3 Å². The molecule has 0 radical (unpaired) electrons. The molecule has 0 aromatic heterocycles. The van der Waals surface area contributed by atoms with Gasteiger partial charge in [0.15, 0.2) is 0 Å². The summed E-state index contributed by atoms with van der Waals surface area (Å²) in [6.07, 6.45) is 16.7. The molecule has 0 saturated heterocycles. The van der Waals surface area contributed by atoms with Gasteiger partial charge in [-0.1, -0.05) is 37.1 Å². The molecule has 0 unspecified atom stereocenters. The van der Waals surface area contributed by atoms with Crippen LogP contribution >= 0.6 is 0 Å². The molecule has 8 atom stereocenters. The zero-order valence-corrected chi connectivity index (χ0v) is 19.3. The third-order valence-electron chi connectivity index (χ3n) is 10.0. The van der Waals surface area contributed by atoms with Gasteiger partial charge in [-0.3, -0.25) is 0 Å². The molecule has 0 heterocycles. The second kappa shape index (κ2) is 8.15. The van der Waals surface area contributed by atoms with Gasteiger partial charge in [-0.15, -0.1) is 0 Å². The number of aliphatic hydroxyl groups excluding tert-OH is 2. The van der Waals surface area contributed by atoms with Gasteiger partial charge in [0.1, 0.15) is 0 Å². The van der Waals surface area contributed by atoms with Crippen molar-refractivity contribution in [1.29, 1.82) is 0 Å². The molecule has 0 bridgehead atoms. The summed E-state index contributed by atoms with van der Waals surface area (Å²) in [6.45, 7) is 9.82.